The number of anilines is 1. The molecule has 0 fully saturated rings. The number of rotatable bonds is 7. The third-order valence-electron chi connectivity index (χ3n) is 3.50. The van der Waals surface area contributed by atoms with Crippen LogP contribution in [-0.4, -0.2) is 30.8 Å². The van der Waals surface area contributed by atoms with Crippen molar-refractivity contribution in [1.82, 2.24) is 0 Å². The highest BCUT2D eigenvalue weighted by Gasteiger charge is 2.33. The summed E-state index contributed by atoms with van der Waals surface area (Å²) in [7, 11) is 1.23. The van der Waals surface area contributed by atoms with Crippen molar-refractivity contribution < 1.29 is 32.4 Å². The van der Waals surface area contributed by atoms with Gasteiger partial charge in [0.05, 0.1) is 32.8 Å². The summed E-state index contributed by atoms with van der Waals surface area (Å²) in [4.78, 5) is 21.3. The summed E-state index contributed by atoms with van der Waals surface area (Å²) in [6.07, 6.45) is -3.41. The van der Waals surface area contributed by atoms with Gasteiger partial charge in [0, 0.05) is 6.07 Å². The van der Waals surface area contributed by atoms with Gasteiger partial charge in [0.2, 0.25) is 0 Å². The number of nitrogens with zero attached hydrogens (tertiary/aromatic N) is 2. The van der Waals surface area contributed by atoms with Crippen LogP contribution >= 0.6 is 31.9 Å². The van der Waals surface area contributed by atoms with E-state index in [1.807, 2.05) is 0 Å². The van der Waals surface area contributed by atoms with Gasteiger partial charge in [-0.25, -0.2) is 4.79 Å². The Hall–Kier alpha value is -2.67. The lowest BCUT2D eigenvalue weighted by molar-refractivity contribution is -0.384. The van der Waals surface area contributed by atoms with Crippen molar-refractivity contribution in [2.24, 2.45) is 5.10 Å². The summed E-state index contributed by atoms with van der Waals surface area (Å²) in [6, 6.07) is 5.24. The number of carbonyl (C=O) groups is 1. The van der Waals surface area contributed by atoms with E-state index in [0.29, 0.717) is 32.4 Å². The Morgan fingerprint density at radius 1 is 1.27 bits per heavy atom. The lowest BCUT2D eigenvalue weighted by atomic mass is 10.1. The van der Waals surface area contributed by atoms with Gasteiger partial charge in [-0.3, -0.25) is 15.5 Å². The summed E-state index contributed by atoms with van der Waals surface area (Å²) in [5.74, 6) is -0.231. The van der Waals surface area contributed by atoms with Gasteiger partial charge in [-0.2, -0.15) is 18.3 Å². The Bertz CT molecular complexity index is 976. The molecule has 0 aliphatic carbocycles. The smallest absolute Gasteiger partial charge is 0.416 e. The molecule has 0 spiro atoms. The average molecular weight is 555 g/mol. The Morgan fingerprint density at radius 2 is 1.90 bits per heavy atom. The molecule has 2 aromatic carbocycles. The van der Waals surface area contributed by atoms with E-state index in [1.165, 1.54) is 13.3 Å². The van der Waals surface area contributed by atoms with E-state index in [-0.39, 0.29) is 12.3 Å². The molecule has 0 heterocycles. The fourth-order valence-corrected chi connectivity index (χ4v) is 3.56. The molecule has 0 atom stereocenters. The average Bonchev–Trinajstić information content (AvgIpc) is 2.66. The van der Waals surface area contributed by atoms with Crippen LogP contribution in [-0.2, 0) is 15.7 Å². The summed E-state index contributed by atoms with van der Waals surface area (Å²) in [6.45, 7) is -0.305. The lowest BCUT2D eigenvalue weighted by Gasteiger charge is -2.10. The second kappa shape index (κ2) is 9.89. The minimum absolute atomic E-state index is 0.208. The molecule has 0 saturated carbocycles. The van der Waals surface area contributed by atoms with E-state index in [0.717, 1.165) is 6.07 Å². The molecule has 0 amide bonds. The minimum Gasteiger partial charge on any atom is -0.480 e. The molecule has 0 bridgehead atoms. The van der Waals surface area contributed by atoms with E-state index < -0.39 is 28.3 Å². The van der Waals surface area contributed by atoms with Gasteiger partial charge in [-0.1, -0.05) is 0 Å². The molecule has 160 valence electrons. The maximum Gasteiger partial charge on any atom is 0.416 e. The van der Waals surface area contributed by atoms with Crippen LogP contribution in [0.4, 0.5) is 24.5 Å². The number of ether oxygens (including phenoxy) is 2. The molecule has 0 radical (unpaired) electrons. The summed E-state index contributed by atoms with van der Waals surface area (Å²) < 4.78 is 49.0. The zero-order valence-electron chi connectivity index (χ0n) is 15.0. The van der Waals surface area contributed by atoms with Gasteiger partial charge < -0.3 is 9.47 Å². The predicted molar refractivity (Wildman–Crippen MR) is 109 cm³/mol. The number of esters is 1. The molecule has 13 heteroatoms. The first-order valence-corrected chi connectivity index (χ1v) is 9.45. The van der Waals surface area contributed by atoms with Crippen LogP contribution in [0, 0.1) is 10.1 Å². The second-order valence-corrected chi connectivity index (χ2v) is 7.24. The monoisotopic (exact) mass is 553 g/mol. The number of nitro benzene ring substituents is 1. The van der Waals surface area contributed by atoms with Gasteiger partial charge in [0.15, 0.2) is 6.61 Å². The Balaban J connectivity index is 2.19. The van der Waals surface area contributed by atoms with Crippen molar-refractivity contribution >= 4 is 55.4 Å². The zero-order chi connectivity index (χ0) is 22.5. The number of nitrogens with one attached hydrogen (secondary N) is 1. The first-order valence-electron chi connectivity index (χ1n) is 7.86. The molecular formula is C17H12Br2F3N3O5. The normalized spacial score (nSPS) is 11.4. The minimum atomic E-state index is -4.71. The number of carbonyl (C=O) groups excluding carboxylic acids is 1. The van der Waals surface area contributed by atoms with Gasteiger partial charge >= 0.3 is 12.1 Å². The maximum atomic E-state index is 12.7. The molecule has 2 rings (SSSR count). The number of hydrogen-bond acceptors (Lipinski definition) is 7. The lowest BCUT2D eigenvalue weighted by Crippen LogP contribution is -2.13. The topological polar surface area (TPSA) is 103 Å². The Morgan fingerprint density at radius 3 is 2.43 bits per heavy atom. The number of methoxy groups -OCH3 is 1. The highest BCUT2D eigenvalue weighted by Crippen LogP contribution is 2.36. The number of hydrazone groups is 1. The molecule has 0 aliphatic rings. The van der Waals surface area contributed by atoms with Crippen molar-refractivity contribution in [2.75, 3.05) is 19.1 Å². The van der Waals surface area contributed by atoms with Crippen molar-refractivity contribution in [3.8, 4) is 5.75 Å². The summed E-state index contributed by atoms with van der Waals surface area (Å²) >= 11 is 6.56. The molecule has 0 aliphatic heterocycles. The van der Waals surface area contributed by atoms with Crippen molar-refractivity contribution in [2.45, 2.75) is 6.18 Å². The van der Waals surface area contributed by atoms with Crippen LogP contribution < -0.4 is 10.2 Å². The SMILES string of the molecule is COC(=O)COc1c(Br)cc(/C=N\Nc2ccc(C(F)(F)F)cc2[N+](=O)[O-])cc1Br. The zero-order valence-corrected chi connectivity index (χ0v) is 18.2. The number of alkyl halides is 3. The standard InChI is InChI=1S/C17H12Br2F3N3O5/c1-29-15(26)8-30-16-11(18)4-9(5-12(16)19)7-23-24-13-3-2-10(17(20,21)22)6-14(13)25(27)28/h2-7,24H,8H2,1H3/b23-7-. The maximum absolute atomic E-state index is 12.7. The van der Waals surface area contributed by atoms with E-state index in [4.69, 9.17) is 4.74 Å². The van der Waals surface area contributed by atoms with Gasteiger partial charge in [-0.05, 0) is 61.7 Å². The molecule has 8 nitrogen and oxygen atoms in total. The number of hydrogen-bond donors (Lipinski definition) is 1. The number of halogens is 5. The molecule has 1 N–H and O–H groups in total. The van der Waals surface area contributed by atoms with Crippen LogP contribution in [0.3, 0.4) is 0 Å². The van der Waals surface area contributed by atoms with Gasteiger partial charge in [0.25, 0.3) is 5.69 Å². The molecular weight excluding hydrogens is 543 g/mol. The van der Waals surface area contributed by atoms with Crippen molar-refractivity contribution in [3.05, 3.63) is 60.5 Å². The largest absolute Gasteiger partial charge is 0.480 e. The van der Waals surface area contributed by atoms with Gasteiger partial charge in [-0.15, -0.1) is 0 Å². The van der Waals surface area contributed by atoms with Crippen molar-refractivity contribution in [1.29, 1.82) is 0 Å². The molecule has 30 heavy (non-hydrogen) atoms. The van der Waals surface area contributed by atoms with Crippen LogP contribution in [0.1, 0.15) is 11.1 Å². The summed E-state index contributed by atoms with van der Waals surface area (Å²) in [5, 5.41) is 14.9. The number of benzene rings is 2. The van der Waals surface area contributed by atoms with Crippen LogP contribution in [0.15, 0.2) is 44.4 Å². The number of nitro groups is 1. The third-order valence-corrected chi connectivity index (χ3v) is 4.68. The van der Waals surface area contributed by atoms with Gasteiger partial charge in [0.1, 0.15) is 11.4 Å². The van der Waals surface area contributed by atoms with E-state index >= 15 is 0 Å². The highest BCUT2D eigenvalue weighted by atomic mass is 79.9. The van der Waals surface area contributed by atoms with Crippen LogP contribution in [0.5, 0.6) is 5.75 Å². The summed E-state index contributed by atoms with van der Waals surface area (Å²) in [5.41, 5.74) is 0.760. The fourth-order valence-electron chi connectivity index (χ4n) is 2.11. The van der Waals surface area contributed by atoms with E-state index in [1.54, 1.807) is 12.1 Å². The first kappa shape index (κ1) is 23.6. The highest BCUT2D eigenvalue weighted by molar-refractivity contribution is 9.11. The van der Waals surface area contributed by atoms with Crippen LogP contribution in [0.25, 0.3) is 0 Å². The van der Waals surface area contributed by atoms with E-state index in [2.05, 4.69) is 47.1 Å². The molecule has 2 aromatic rings. The molecule has 0 saturated heterocycles. The molecule has 0 aromatic heterocycles. The second-order valence-electron chi connectivity index (χ2n) is 5.54. The fraction of sp³-hybridized carbons (Fsp3) is 0.176. The quantitative estimate of drug-likeness (QED) is 0.220. The molecule has 0 unspecified atom stereocenters. The Labute approximate surface area is 184 Å². The predicted octanol–water partition coefficient (Wildman–Crippen LogP) is 5.14. The van der Waals surface area contributed by atoms with E-state index in [9.17, 15) is 28.1 Å². The first-order chi connectivity index (χ1) is 14.0. The van der Waals surface area contributed by atoms with Crippen LogP contribution in [0.2, 0.25) is 0 Å². The third kappa shape index (κ3) is 6.16. The Kier molecular flexibility index (Phi) is 7.78. The van der Waals surface area contributed by atoms with Crippen molar-refractivity contribution in [3.63, 3.8) is 0 Å².